The van der Waals surface area contributed by atoms with Crippen LogP contribution in [0.4, 0.5) is 10.1 Å². The van der Waals surface area contributed by atoms with Crippen LogP contribution in [0.15, 0.2) is 40.8 Å². The number of para-hydroxylation sites is 1. The Balaban J connectivity index is 2.05. The van der Waals surface area contributed by atoms with E-state index in [0.717, 1.165) is 16.8 Å². The fraction of sp³-hybridized carbons (Fsp3) is 0.318. The van der Waals surface area contributed by atoms with E-state index in [1.807, 2.05) is 18.2 Å². The molecule has 0 saturated carbocycles. The summed E-state index contributed by atoms with van der Waals surface area (Å²) in [5, 5.41) is 3.67. The largest absolute Gasteiger partial charge is 0.451 e. The summed E-state index contributed by atoms with van der Waals surface area (Å²) in [4.78, 5) is 12.9. The van der Waals surface area contributed by atoms with Crippen molar-refractivity contribution in [3.05, 3.63) is 64.7 Å². The van der Waals surface area contributed by atoms with Gasteiger partial charge in [0.1, 0.15) is 11.4 Å². The van der Waals surface area contributed by atoms with E-state index >= 15 is 0 Å². The Kier molecular flexibility index (Phi) is 4.86. The highest BCUT2D eigenvalue weighted by molar-refractivity contribution is 6.07. The number of furan rings is 1. The van der Waals surface area contributed by atoms with E-state index in [0.29, 0.717) is 16.5 Å². The van der Waals surface area contributed by atoms with Gasteiger partial charge in [0.25, 0.3) is 5.91 Å². The smallest absolute Gasteiger partial charge is 0.291 e. The zero-order valence-electron chi connectivity index (χ0n) is 15.8. The number of halogens is 1. The van der Waals surface area contributed by atoms with Crippen LogP contribution >= 0.6 is 0 Å². The number of benzene rings is 2. The monoisotopic (exact) mass is 353 g/mol. The molecule has 0 fully saturated rings. The second-order valence-corrected chi connectivity index (χ2v) is 7.27. The molecule has 136 valence electrons. The van der Waals surface area contributed by atoms with E-state index in [2.05, 4.69) is 33.0 Å². The van der Waals surface area contributed by atoms with Crippen molar-refractivity contribution >= 4 is 22.6 Å². The van der Waals surface area contributed by atoms with Crippen LogP contribution < -0.4 is 5.32 Å². The molecule has 0 radical (unpaired) electrons. The van der Waals surface area contributed by atoms with Gasteiger partial charge in [0, 0.05) is 16.6 Å². The number of hydrogen-bond acceptors (Lipinski definition) is 2. The summed E-state index contributed by atoms with van der Waals surface area (Å²) in [5.41, 5.74) is 4.17. The van der Waals surface area contributed by atoms with Crippen LogP contribution in [0.3, 0.4) is 0 Å². The Morgan fingerprint density at radius 3 is 2.23 bits per heavy atom. The first kappa shape index (κ1) is 18.2. The van der Waals surface area contributed by atoms with E-state index in [4.69, 9.17) is 4.42 Å². The van der Waals surface area contributed by atoms with Crippen molar-refractivity contribution in [2.75, 3.05) is 5.32 Å². The molecule has 26 heavy (non-hydrogen) atoms. The number of aryl methyl sites for hydroxylation is 1. The lowest BCUT2D eigenvalue weighted by Crippen LogP contribution is -2.16. The van der Waals surface area contributed by atoms with Gasteiger partial charge in [-0.05, 0) is 48.1 Å². The first-order valence-electron chi connectivity index (χ1n) is 8.92. The van der Waals surface area contributed by atoms with Crippen molar-refractivity contribution in [3.8, 4) is 0 Å². The van der Waals surface area contributed by atoms with E-state index < -0.39 is 0 Å². The normalized spacial score (nSPS) is 11.5. The highest BCUT2D eigenvalue weighted by Crippen LogP contribution is 2.33. The van der Waals surface area contributed by atoms with Crippen molar-refractivity contribution in [1.82, 2.24) is 0 Å². The fourth-order valence-electron chi connectivity index (χ4n) is 3.28. The summed E-state index contributed by atoms with van der Waals surface area (Å²) >= 11 is 0. The standard InChI is InChI=1S/C22H24FNO2/c1-12(2)16-7-6-8-17(13(3)4)20(16)24-22(25)21-14(5)18-11-15(23)9-10-19(18)26-21/h6-13H,1-5H3,(H,24,25). The quantitative estimate of drug-likeness (QED) is 0.591. The van der Waals surface area contributed by atoms with Gasteiger partial charge in [-0.15, -0.1) is 0 Å². The summed E-state index contributed by atoms with van der Waals surface area (Å²) in [6, 6.07) is 10.4. The minimum atomic E-state index is -0.347. The van der Waals surface area contributed by atoms with Crippen LogP contribution in [0, 0.1) is 12.7 Å². The number of nitrogens with one attached hydrogen (secondary N) is 1. The average Bonchev–Trinajstić information content (AvgIpc) is 2.91. The molecule has 0 spiro atoms. The van der Waals surface area contributed by atoms with Gasteiger partial charge in [-0.1, -0.05) is 45.9 Å². The Labute approximate surface area is 153 Å². The third-order valence-corrected chi connectivity index (χ3v) is 4.72. The maximum Gasteiger partial charge on any atom is 0.291 e. The molecular weight excluding hydrogens is 329 g/mol. The van der Waals surface area contributed by atoms with Crippen molar-refractivity contribution < 1.29 is 13.6 Å². The van der Waals surface area contributed by atoms with Gasteiger partial charge in [-0.2, -0.15) is 0 Å². The van der Waals surface area contributed by atoms with Gasteiger partial charge in [0.15, 0.2) is 5.76 Å². The maximum absolute atomic E-state index is 13.5. The molecular formula is C22H24FNO2. The minimum Gasteiger partial charge on any atom is -0.451 e. The van der Waals surface area contributed by atoms with Crippen molar-refractivity contribution in [2.45, 2.75) is 46.5 Å². The first-order chi connectivity index (χ1) is 12.3. The topological polar surface area (TPSA) is 42.2 Å². The van der Waals surface area contributed by atoms with Gasteiger partial charge in [-0.3, -0.25) is 4.79 Å². The Hall–Kier alpha value is -2.62. The zero-order chi connectivity index (χ0) is 19.0. The Bertz CT molecular complexity index is 943. The Morgan fingerprint density at radius 1 is 1.04 bits per heavy atom. The van der Waals surface area contributed by atoms with Gasteiger partial charge >= 0.3 is 0 Å². The number of hydrogen-bond donors (Lipinski definition) is 1. The van der Waals surface area contributed by atoms with Gasteiger partial charge < -0.3 is 9.73 Å². The number of anilines is 1. The molecule has 3 nitrogen and oxygen atoms in total. The maximum atomic E-state index is 13.5. The lowest BCUT2D eigenvalue weighted by Gasteiger charge is -2.19. The molecule has 0 unspecified atom stereocenters. The number of carbonyl (C=O) groups excluding carboxylic acids is 1. The molecule has 0 aliphatic carbocycles. The van der Waals surface area contributed by atoms with Gasteiger partial charge in [0.2, 0.25) is 0 Å². The van der Waals surface area contributed by atoms with Crippen LogP contribution in [0.25, 0.3) is 11.0 Å². The molecule has 0 saturated heterocycles. The van der Waals surface area contributed by atoms with Gasteiger partial charge in [0.05, 0.1) is 0 Å². The molecule has 0 bridgehead atoms. The lowest BCUT2D eigenvalue weighted by atomic mass is 9.92. The summed E-state index contributed by atoms with van der Waals surface area (Å²) < 4.78 is 19.2. The highest BCUT2D eigenvalue weighted by atomic mass is 19.1. The number of rotatable bonds is 4. The predicted molar refractivity (Wildman–Crippen MR) is 103 cm³/mol. The van der Waals surface area contributed by atoms with Gasteiger partial charge in [-0.25, -0.2) is 4.39 Å². The van der Waals surface area contributed by atoms with Crippen LogP contribution in [0.5, 0.6) is 0 Å². The molecule has 0 aliphatic rings. The number of amides is 1. The number of fused-ring (bicyclic) bond motifs is 1. The zero-order valence-corrected chi connectivity index (χ0v) is 15.8. The molecule has 1 aromatic heterocycles. The molecule has 0 aliphatic heterocycles. The minimum absolute atomic E-state index is 0.221. The van der Waals surface area contributed by atoms with Crippen LogP contribution in [-0.2, 0) is 0 Å². The summed E-state index contributed by atoms with van der Waals surface area (Å²) in [7, 11) is 0. The third-order valence-electron chi connectivity index (χ3n) is 4.72. The van der Waals surface area contributed by atoms with Crippen LogP contribution in [0.2, 0.25) is 0 Å². The fourth-order valence-corrected chi connectivity index (χ4v) is 3.28. The number of carbonyl (C=O) groups is 1. The van der Waals surface area contributed by atoms with E-state index in [9.17, 15) is 9.18 Å². The SMILES string of the molecule is Cc1c(C(=O)Nc2c(C(C)C)cccc2C(C)C)oc2ccc(F)cc12. The van der Waals surface area contributed by atoms with Crippen molar-refractivity contribution in [3.63, 3.8) is 0 Å². The molecule has 1 heterocycles. The molecule has 3 rings (SSSR count). The van der Waals surface area contributed by atoms with E-state index in [-0.39, 0.29) is 29.3 Å². The molecule has 1 amide bonds. The van der Waals surface area contributed by atoms with Crippen LogP contribution in [-0.4, -0.2) is 5.91 Å². The van der Waals surface area contributed by atoms with E-state index in [1.54, 1.807) is 13.0 Å². The summed E-state index contributed by atoms with van der Waals surface area (Å²) in [6.07, 6.45) is 0. The molecule has 4 heteroatoms. The predicted octanol–water partition coefficient (Wildman–Crippen LogP) is 6.38. The van der Waals surface area contributed by atoms with Crippen molar-refractivity contribution in [2.24, 2.45) is 0 Å². The molecule has 1 N–H and O–H groups in total. The average molecular weight is 353 g/mol. The summed E-state index contributed by atoms with van der Waals surface area (Å²) in [6.45, 7) is 10.2. The highest BCUT2D eigenvalue weighted by Gasteiger charge is 2.21. The lowest BCUT2D eigenvalue weighted by molar-refractivity contribution is 0.0997. The molecule has 2 aromatic carbocycles. The molecule has 0 atom stereocenters. The first-order valence-corrected chi connectivity index (χ1v) is 8.92. The van der Waals surface area contributed by atoms with Crippen molar-refractivity contribution in [1.29, 1.82) is 0 Å². The van der Waals surface area contributed by atoms with Crippen LogP contribution in [0.1, 0.15) is 66.8 Å². The molecule has 3 aromatic rings. The Morgan fingerprint density at radius 2 is 1.65 bits per heavy atom. The summed E-state index contributed by atoms with van der Waals surface area (Å²) in [5.74, 6) is 0.110. The third kappa shape index (κ3) is 3.24. The second kappa shape index (κ2) is 6.94. The second-order valence-electron chi connectivity index (χ2n) is 7.27. The van der Waals surface area contributed by atoms with E-state index in [1.165, 1.54) is 12.1 Å².